The summed E-state index contributed by atoms with van der Waals surface area (Å²) in [5, 5.41) is 11.7. The Bertz CT molecular complexity index is 731. The highest BCUT2D eigenvalue weighted by Gasteiger charge is 2.12. The molecule has 0 aliphatic heterocycles. The molecule has 0 aliphatic carbocycles. The van der Waals surface area contributed by atoms with E-state index in [1.807, 2.05) is 0 Å². The highest BCUT2D eigenvalue weighted by Crippen LogP contribution is 2.24. The van der Waals surface area contributed by atoms with Gasteiger partial charge in [-0.2, -0.15) is 5.26 Å². The highest BCUT2D eigenvalue weighted by molar-refractivity contribution is 14.1. The van der Waals surface area contributed by atoms with Gasteiger partial charge in [0, 0.05) is 15.2 Å². The zero-order valence-electron chi connectivity index (χ0n) is 12.0. The average Bonchev–Trinajstić information content (AvgIpc) is 2.55. The van der Waals surface area contributed by atoms with E-state index in [4.69, 9.17) is 14.7 Å². The van der Waals surface area contributed by atoms with Crippen LogP contribution in [0.5, 0.6) is 11.5 Å². The minimum Gasteiger partial charge on any atom is -0.497 e. The molecule has 112 valence electrons. The third-order valence-electron chi connectivity index (χ3n) is 2.96. The number of ether oxygens (including phenoxy) is 2. The normalized spacial score (nSPS) is 9.73. The molecule has 0 saturated heterocycles. The van der Waals surface area contributed by atoms with Crippen molar-refractivity contribution in [3.05, 3.63) is 51.1 Å². The van der Waals surface area contributed by atoms with Crippen molar-refractivity contribution >= 4 is 34.2 Å². The van der Waals surface area contributed by atoms with Crippen LogP contribution < -0.4 is 14.8 Å². The molecule has 0 bridgehead atoms. The molecule has 2 rings (SSSR count). The third-order valence-corrected chi connectivity index (χ3v) is 3.85. The SMILES string of the molecule is COc1cc(OC)cc(C(=O)Nc2ccc(C#N)cc2I)c1. The first-order valence-corrected chi connectivity index (χ1v) is 7.39. The van der Waals surface area contributed by atoms with Gasteiger partial charge >= 0.3 is 0 Å². The number of amides is 1. The number of nitrogens with zero attached hydrogens (tertiary/aromatic N) is 1. The molecule has 0 aromatic heterocycles. The van der Waals surface area contributed by atoms with Crippen molar-refractivity contribution in [2.75, 3.05) is 19.5 Å². The molecule has 5 nitrogen and oxygen atoms in total. The Morgan fingerprint density at radius 3 is 2.27 bits per heavy atom. The molecule has 22 heavy (non-hydrogen) atoms. The van der Waals surface area contributed by atoms with Crippen molar-refractivity contribution in [3.63, 3.8) is 0 Å². The number of methoxy groups -OCH3 is 2. The number of hydrogen-bond acceptors (Lipinski definition) is 4. The predicted octanol–water partition coefficient (Wildman–Crippen LogP) is 3.43. The topological polar surface area (TPSA) is 71.3 Å². The number of benzene rings is 2. The fourth-order valence-electron chi connectivity index (χ4n) is 1.82. The van der Waals surface area contributed by atoms with Crippen LogP contribution >= 0.6 is 22.6 Å². The lowest BCUT2D eigenvalue weighted by atomic mass is 10.1. The molecule has 0 heterocycles. The highest BCUT2D eigenvalue weighted by atomic mass is 127. The summed E-state index contributed by atoms with van der Waals surface area (Å²) in [6, 6.07) is 12.1. The van der Waals surface area contributed by atoms with E-state index in [9.17, 15) is 4.79 Å². The zero-order valence-corrected chi connectivity index (χ0v) is 14.2. The van der Waals surface area contributed by atoms with Gasteiger partial charge in [0.2, 0.25) is 0 Å². The van der Waals surface area contributed by atoms with Gasteiger partial charge in [0.25, 0.3) is 5.91 Å². The lowest BCUT2D eigenvalue weighted by Crippen LogP contribution is -2.13. The van der Waals surface area contributed by atoms with E-state index >= 15 is 0 Å². The van der Waals surface area contributed by atoms with Gasteiger partial charge in [-0.3, -0.25) is 4.79 Å². The van der Waals surface area contributed by atoms with Crippen LogP contribution in [0.25, 0.3) is 0 Å². The Hall–Kier alpha value is -2.27. The Morgan fingerprint density at radius 1 is 1.14 bits per heavy atom. The van der Waals surface area contributed by atoms with Crippen molar-refractivity contribution in [1.82, 2.24) is 0 Å². The van der Waals surface area contributed by atoms with Crippen LogP contribution in [0.2, 0.25) is 0 Å². The lowest BCUT2D eigenvalue weighted by Gasteiger charge is -2.10. The maximum absolute atomic E-state index is 12.4. The largest absolute Gasteiger partial charge is 0.497 e. The van der Waals surface area contributed by atoms with Crippen molar-refractivity contribution in [2.24, 2.45) is 0 Å². The quantitative estimate of drug-likeness (QED) is 0.788. The molecule has 0 aliphatic rings. The van der Waals surface area contributed by atoms with Gasteiger partial charge in [0.05, 0.1) is 31.5 Å². The molecule has 2 aromatic carbocycles. The fraction of sp³-hybridized carbons (Fsp3) is 0.125. The molecule has 6 heteroatoms. The van der Waals surface area contributed by atoms with E-state index in [0.29, 0.717) is 28.3 Å². The smallest absolute Gasteiger partial charge is 0.255 e. The van der Waals surface area contributed by atoms with Crippen molar-refractivity contribution in [3.8, 4) is 17.6 Å². The molecular weight excluding hydrogens is 395 g/mol. The van der Waals surface area contributed by atoms with Gasteiger partial charge in [-0.25, -0.2) is 0 Å². The van der Waals surface area contributed by atoms with Crippen LogP contribution in [0.4, 0.5) is 5.69 Å². The van der Waals surface area contributed by atoms with Gasteiger partial charge in [0.15, 0.2) is 0 Å². The van der Waals surface area contributed by atoms with Crippen LogP contribution in [-0.2, 0) is 0 Å². The Morgan fingerprint density at radius 2 is 1.77 bits per heavy atom. The monoisotopic (exact) mass is 408 g/mol. The lowest BCUT2D eigenvalue weighted by molar-refractivity contribution is 0.102. The van der Waals surface area contributed by atoms with Crippen LogP contribution in [0.1, 0.15) is 15.9 Å². The van der Waals surface area contributed by atoms with Gasteiger partial charge in [-0.15, -0.1) is 0 Å². The first kappa shape index (κ1) is 16.1. The Kier molecular flexibility index (Phi) is 5.22. The number of hydrogen-bond donors (Lipinski definition) is 1. The summed E-state index contributed by atoms with van der Waals surface area (Å²) in [6.07, 6.45) is 0. The molecule has 0 radical (unpaired) electrons. The third kappa shape index (κ3) is 3.68. The summed E-state index contributed by atoms with van der Waals surface area (Å²) < 4.78 is 11.1. The number of carbonyl (C=O) groups is 1. The fourth-order valence-corrected chi connectivity index (χ4v) is 2.47. The van der Waals surface area contributed by atoms with E-state index < -0.39 is 0 Å². The second-order valence-electron chi connectivity index (χ2n) is 4.36. The number of nitrogens with one attached hydrogen (secondary N) is 1. The van der Waals surface area contributed by atoms with E-state index in [1.165, 1.54) is 14.2 Å². The molecule has 0 fully saturated rings. The number of carbonyl (C=O) groups excluding carboxylic acids is 1. The molecule has 0 saturated carbocycles. The first-order chi connectivity index (χ1) is 10.6. The molecule has 0 spiro atoms. The van der Waals surface area contributed by atoms with Crippen molar-refractivity contribution in [2.45, 2.75) is 0 Å². The summed E-state index contributed by atoms with van der Waals surface area (Å²) >= 11 is 2.07. The minimum atomic E-state index is -0.278. The average molecular weight is 408 g/mol. The first-order valence-electron chi connectivity index (χ1n) is 6.31. The molecular formula is C16H13IN2O3. The Balaban J connectivity index is 2.28. The standard InChI is InChI=1S/C16H13IN2O3/c1-21-12-6-11(7-13(8-12)22-2)16(20)19-15-4-3-10(9-18)5-14(15)17/h3-8H,1-2H3,(H,19,20). The van der Waals surface area contributed by atoms with E-state index in [-0.39, 0.29) is 5.91 Å². The summed E-state index contributed by atoms with van der Waals surface area (Å²) in [6.45, 7) is 0. The van der Waals surface area contributed by atoms with Crippen LogP contribution in [0.15, 0.2) is 36.4 Å². The number of rotatable bonds is 4. The van der Waals surface area contributed by atoms with Gasteiger partial charge < -0.3 is 14.8 Å². The van der Waals surface area contributed by atoms with Crippen molar-refractivity contribution < 1.29 is 14.3 Å². The number of nitriles is 1. The van der Waals surface area contributed by atoms with E-state index in [1.54, 1.807) is 36.4 Å². The maximum Gasteiger partial charge on any atom is 0.255 e. The zero-order chi connectivity index (χ0) is 16.1. The molecule has 2 aromatic rings. The summed E-state index contributed by atoms with van der Waals surface area (Å²) in [5.74, 6) is 0.804. The van der Waals surface area contributed by atoms with E-state index in [0.717, 1.165) is 3.57 Å². The Labute approximate surface area is 142 Å². The van der Waals surface area contributed by atoms with Gasteiger partial charge in [-0.1, -0.05) is 0 Å². The van der Waals surface area contributed by atoms with Crippen LogP contribution in [-0.4, -0.2) is 20.1 Å². The van der Waals surface area contributed by atoms with Gasteiger partial charge in [-0.05, 0) is 52.9 Å². The van der Waals surface area contributed by atoms with Gasteiger partial charge in [0.1, 0.15) is 11.5 Å². The maximum atomic E-state index is 12.4. The van der Waals surface area contributed by atoms with E-state index in [2.05, 4.69) is 34.0 Å². The molecule has 1 amide bonds. The predicted molar refractivity (Wildman–Crippen MR) is 91.4 cm³/mol. The second kappa shape index (κ2) is 7.13. The summed E-state index contributed by atoms with van der Waals surface area (Å²) in [4.78, 5) is 12.4. The second-order valence-corrected chi connectivity index (χ2v) is 5.52. The summed E-state index contributed by atoms with van der Waals surface area (Å²) in [5.41, 5.74) is 1.62. The molecule has 1 N–H and O–H groups in total. The number of halogens is 1. The van der Waals surface area contributed by atoms with Crippen LogP contribution in [0, 0.1) is 14.9 Å². The van der Waals surface area contributed by atoms with Crippen LogP contribution in [0.3, 0.4) is 0 Å². The number of anilines is 1. The minimum absolute atomic E-state index is 0.278. The molecule has 0 atom stereocenters. The summed E-state index contributed by atoms with van der Waals surface area (Å²) in [7, 11) is 3.06. The van der Waals surface area contributed by atoms with Crippen molar-refractivity contribution in [1.29, 1.82) is 5.26 Å². The molecule has 0 unspecified atom stereocenters.